The Labute approximate surface area is 168 Å². The molecule has 1 fully saturated rings. The minimum absolute atomic E-state index is 0.0704. The van der Waals surface area contributed by atoms with Crippen LogP contribution in [0.15, 0.2) is 54.9 Å². The van der Waals surface area contributed by atoms with E-state index in [-0.39, 0.29) is 11.6 Å². The minimum atomic E-state index is -0.769. The highest BCUT2D eigenvalue weighted by Crippen LogP contribution is 2.26. The second-order valence-electron chi connectivity index (χ2n) is 7.14. The van der Waals surface area contributed by atoms with Crippen LogP contribution in [-0.2, 0) is 6.54 Å². The molecule has 0 radical (unpaired) electrons. The van der Waals surface area contributed by atoms with Crippen molar-refractivity contribution in [1.29, 1.82) is 0 Å². The molecule has 2 heterocycles. The Morgan fingerprint density at radius 2 is 1.69 bits per heavy atom. The lowest BCUT2D eigenvalue weighted by molar-refractivity contribution is 0.249. The predicted octanol–water partition coefficient (Wildman–Crippen LogP) is 4.18. The van der Waals surface area contributed by atoms with E-state index >= 15 is 0 Å². The predicted molar refractivity (Wildman–Crippen MR) is 107 cm³/mol. The molecule has 1 aromatic heterocycles. The summed E-state index contributed by atoms with van der Waals surface area (Å²) in [6.45, 7) is 6.50. The quantitative estimate of drug-likeness (QED) is 0.647. The molecule has 1 aliphatic rings. The largest absolute Gasteiger partial charge is 0.436 e. The molecular formula is C22H22F2N4O. The third kappa shape index (κ3) is 4.86. The summed E-state index contributed by atoms with van der Waals surface area (Å²) in [6.07, 6.45) is 1.39. The van der Waals surface area contributed by atoms with E-state index in [4.69, 9.17) is 4.74 Å². The summed E-state index contributed by atoms with van der Waals surface area (Å²) >= 11 is 0. The van der Waals surface area contributed by atoms with E-state index in [1.807, 2.05) is 0 Å². The van der Waals surface area contributed by atoms with Crippen LogP contribution in [0.5, 0.6) is 11.6 Å². The monoisotopic (exact) mass is 396 g/mol. The van der Waals surface area contributed by atoms with Gasteiger partial charge in [-0.1, -0.05) is 29.8 Å². The molecule has 2 aromatic carbocycles. The molecule has 7 heteroatoms. The van der Waals surface area contributed by atoms with Crippen molar-refractivity contribution in [2.75, 3.05) is 31.1 Å². The molecule has 0 spiro atoms. The number of piperazine rings is 1. The van der Waals surface area contributed by atoms with Crippen molar-refractivity contribution >= 4 is 5.82 Å². The summed E-state index contributed by atoms with van der Waals surface area (Å²) in [4.78, 5) is 12.9. The van der Waals surface area contributed by atoms with Gasteiger partial charge in [-0.25, -0.2) is 18.7 Å². The molecule has 150 valence electrons. The molecule has 4 rings (SSSR count). The molecule has 0 N–H and O–H groups in total. The molecule has 5 nitrogen and oxygen atoms in total. The standard InChI is InChI=1S/C22H22F2N4O/c1-16-2-4-17(5-3-16)14-27-8-10-28(11-9-27)21-13-22(26-15-25-21)29-20-7-6-18(23)12-19(20)24/h2-7,12-13,15H,8-11,14H2,1H3. The van der Waals surface area contributed by atoms with Crippen LogP contribution in [0, 0.1) is 18.6 Å². The van der Waals surface area contributed by atoms with Gasteiger partial charge in [0, 0.05) is 44.9 Å². The van der Waals surface area contributed by atoms with Crippen molar-refractivity contribution in [3.8, 4) is 11.6 Å². The third-order valence-corrected chi connectivity index (χ3v) is 4.96. The molecule has 29 heavy (non-hydrogen) atoms. The summed E-state index contributed by atoms with van der Waals surface area (Å²) in [5.74, 6) is -0.536. The molecule has 0 unspecified atom stereocenters. The average Bonchev–Trinajstić information content (AvgIpc) is 2.73. The zero-order valence-corrected chi connectivity index (χ0v) is 16.2. The smallest absolute Gasteiger partial charge is 0.224 e. The van der Waals surface area contributed by atoms with Gasteiger partial charge in [0.1, 0.15) is 18.0 Å². The van der Waals surface area contributed by atoms with Gasteiger partial charge in [0.15, 0.2) is 11.6 Å². The Balaban J connectivity index is 1.37. The van der Waals surface area contributed by atoms with Crippen molar-refractivity contribution in [3.05, 3.63) is 77.6 Å². The topological polar surface area (TPSA) is 41.5 Å². The number of rotatable bonds is 5. The number of aromatic nitrogens is 2. The number of hydrogen-bond donors (Lipinski definition) is 0. The lowest BCUT2D eigenvalue weighted by Gasteiger charge is -2.35. The van der Waals surface area contributed by atoms with E-state index in [1.165, 1.54) is 23.5 Å². The number of hydrogen-bond acceptors (Lipinski definition) is 5. The molecule has 0 aliphatic carbocycles. The van der Waals surface area contributed by atoms with Crippen LogP contribution < -0.4 is 9.64 Å². The zero-order valence-electron chi connectivity index (χ0n) is 16.2. The SMILES string of the molecule is Cc1ccc(CN2CCN(c3cc(Oc4ccc(F)cc4F)ncn3)CC2)cc1. The number of ether oxygens (including phenoxy) is 1. The summed E-state index contributed by atoms with van der Waals surface area (Å²) in [5.41, 5.74) is 2.57. The van der Waals surface area contributed by atoms with Gasteiger partial charge in [-0.2, -0.15) is 0 Å². The fourth-order valence-corrected chi connectivity index (χ4v) is 3.32. The van der Waals surface area contributed by atoms with Crippen LogP contribution in [0.4, 0.5) is 14.6 Å². The van der Waals surface area contributed by atoms with E-state index in [0.29, 0.717) is 0 Å². The van der Waals surface area contributed by atoms with Gasteiger partial charge in [-0.05, 0) is 24.6 Å². The van der Waals surface area contributed by atoms with Crippen LogP contribution in [-0.4, -0.2) is 41.0 Å². The van der Waals surface area contributed by atoms with Gasteiger partial charge in [0.25, 0.3) is 0 Å². The molecule has 0 bridgehead atoms. The summed E-state index contributed by atoms with van der Waals surface area (Å²) in [7, 11) is 0. The molecule has 0 atom stereocenters. The van der Waals surface area contributed by atoms with Crippen LogP contribution in [0.2, 0.25) is 0 Å². The number of anilines is 1. The van der Waals surface area contributed by atoms with E-state index in [9.17, 15) is 8.78 Å². The molecule has 0 amide bonds. The van der Waals surface area contributed by atoms with Crippen LogP contribution >= 0.6 is 0 Å². The van der Waals surface area contributed by atoms with Gasteiger partial charge in [-0.3, -0.25) is 4.90 Å². The number of nitrogens with zero attached hydrogens (tertiary/aromatic N) is 4. The Bertz CT molecular complexity index is 973. The van der Waals surface area contributed by atoms with Crippen molar-refractivity contribution in [2.45, 2.75) is 13.5 Å². The second-order valence-corrected chi connectivity index (χ2v) is 7.14. The van der Waals surface area contributed by atoms with Gasteiger partial charge in [0.05, 0.1) is 0 Å². The Morgan fingerprint density at radius 3 is 2.41 bits per heavy atom. The highest BCUT2D eigenvalue weighted by Gasteiger charge is 2.19. The maximum atomic E-state index is 13.8. The minimum Gasteiger partial charge on any atom is -0.436 e. The molecule has 3 aromatic rings. The lowest BCUT2D eigenvalue weighted by atomic mass is 10.1. The maximum Gasteiger partial charge on any atom is 0.224 e. The average molecular weight is 396 g/mol. The summed E-state index contributed by atoms with van der Waals surface area (Å²) < 4.78 is 32.3. The van der Waals surface area contributed by atoms with Gasteiger partial charge in [0.2, 0.25) is 5.88 Å². The van der Waals surface area contributed by atoms with E-state index in [2.05, 4.69) is 51.0 Å². The summed E-state index contributed by atoms with van der Waals surface area (Å²) in [6, 6.07) is 13.5. The molecule has 1 saturated heterocycles. The van der Waals surface area contributed by atoms with Crippen molar-refractivity contribution in [1.82, 2.24) is 14.9 Å². The highest BCUT2D eigenvalue weighted by atomic mass is 19.1. The third-order valence-electron chi connectivity index (χ3n) is 4.96. The van der Waals surface area contributed by atoms with E-state index in [1.54, 1.807) is 6.07 Å². The Morgan fingerprint density at radius 1 is 0.931 bits per heavy atom. The number of benzene rings is 2. The van der Waals surface area contributed by atoms with Crippen molar-refractivity contribution in [3.63, 3.8) is 0 Å². The molecule has 1 aliphatic heterocycles. The zero-order chi connectivity index (χ0) is 20.2. The van der Waals surface area contributed by atoms with Crippen molar-refractivity contribution in [2.24, 2.45) is 0 Å². The van der Waals surface area contributed by atoms with Gasteiger partial charge < -0.3 is 9.64 Å². The first-order chi connectivity index (χ1) is 14.1. The van der Waals surface area contributed by atoms with Gasteiger partial charge in [-0.15, -0.1) is 0 Å². The normalized spacial score (nSPS) is 14.8. The van der Waals surface area contributed by atoms with Crippen LogP contribution in [0.25, 0.3) is 0 Å². The Kier molecular flexibility index (Phi) is 5.67. The maximum absolute atomic E-state index is 13.8. The highest BCUT2D eigenvalue weighted by molar-refractivity contribution is 5.42. The molecule has 0 saturated carbocycles. The van der Waals surface area contributed by atoms with E-state index in [0.717, 1.165) is 50.7 Å². The van der Waals surface area contributed by atoms with Crippen LogP contribution in [0.1, 0.15) is 11.1 Å². The first kappa shape index (κ1) is 19.3. The number of aryl methyl sites for hydroxylation is 1. The molecular weight excluding hydrogens is 374 g/mol. The fourth-order valence-electron chi connectivity index (χ4n) is 3.32. The van der Waals surface area contributed by atoms with Gasteiger partial charge >= 0.3 is 0 Å². The Hall–Kier alpha value is -3.06. The fraction of sp³-hybridized carbons (Fsp3) is 0.273. The van der Waals surface area contributed by atoms with Crippen molar-refractivity contribution < 1.29 is 13.5 Å². The van der Waals surface area contributed by atoms with Crippen LogP contribution in [0.3, 0.4) is 0 Å². The summed E-state index contributed by atoms with van der Waals surface area (Å²) in [5, 5.41) is 0. The number of halogens is 2. The second kappa shape index (κ2) is 8.53. The first-order valence-corrected chi connectivity index (χ1v) is 9.54. The first-order valence-electron chi connectivity index (χ1n) is 9.54. The van der Waals surface area contributed by atoms with E-state index < -0.39 is 11.6 Å². The lowest BCUT2D eigenvalue weighted by Crippen LogP contribution is -2.46.